The molecule has 4 atom stereocenters. The lowest BCUT2D eigenvalue weighted by atomic mass is 9.63. The Bertz CT molecular complexity index is 1580. The topological polar surface area (TPSA) is 99.7 Å². The maximum atomic E-state index is 15.9. The lowest BCUT2D eigenvalue weighted by Crippen LogP contribution is -2.46. The molecule has 2 aliphatic rings. The molecule has 5 rings (SSSR count). The fourth-order valence-corrected chi connectivity index (χ4v) is 6.85. The molecule has 0 bridgehead atoms. The largest absolute Gasteiger partial charge is 0.492 e. The van der Waals surface area contributed by atoms with Crippen LogP contribution in [0.4, 0.5) is 20.2 Å². The Morgan fingerprint density at radius 3 is 2.52 bits per heavy atom. The summed E-state index contributed by atoms with van der Waals surface area (Å²) in [7, 11) is 1.18. The van der Waals surface area contributed by atoms with Crippen molar-refractivity contribution in [3.05, 3.63) is 86.9 Å². The summed E-state index contributed by atoms with van der Waals surface area (Å²) >= 11 is 12.6. The van der Waals surface area contributed by atoms with E-state index in [0.29, 0.717) is 18.0 Å². The highest BCUT2D eigenvalue weighted by Crippen LogP contribution is 2.56. The van der Waals surface area contributed by atoms with Gasteiger partial charge in [0, 0.05) is 34.6 Å². The minimum absolute atomic E-state index is 0.0535. The Morgan fingerprint density at radius 1 is 1.12 bits per heavy atom. The summed E-state index contributed by atoms with van der Waals surface area (Å²) in [6.45, 7) is 6.66. The van der Waals surface area contributed by atoms with E-state index in [2.05, 4.69) is 36.7 Å². The summed E-state index contributed by atoms with van der Waals surface area (Å²) in [5.41, 5.74) is 0.314. The van der Waals surface area contributed by atoms with E-state index >= 15 is 4.39 Å². The van der Waals surface area contributed by atoms with Crippen molar-refractivity contribution in [1.29, 1.82) is 0 Å². The van der Waals surface area contributed by atoms with Gasteiger partial charge in [0.1, 0.15) is 5.82 Å². The van der Waals surface area contributed by atoms with Gasteiger partial charge in [-0.3, -0.25) is 4.79 Å². The van der Waals surface area contributed by atoms with Crippen LogP contribution in [0.25, 0.3) is 0 Å². The predicted molar refractivity (Wildman–Crippen MR) is 159 cm³/mol. The van der Waals surface area contributed by atoms with Gasteiger partial charge in [0.05, 0.1) is 29.4 Å². The molecule has 0 aromatic heterocycles. The second-order valence-electron chi connectivity index (χ2n) is 12.0. The number of methoxy groups -OCH3 is 1. The number of amides is 1. The van der Waals surface area contributed by atoms with Gasteiger partial charge < -0.3 is 25.8 Å². The van der Waals surface area contributed by atoms with Crippen molar-refractivity contribution >= 4 is 46.5 Å². The summed E-state index contributed by atoms with van der Waals surface area (Å²) in [6, 6.07) is 11.2. The SMILES string of the molecule is COc1c(NC(=O)[C@@H]2N[C@@H](CC(C)(C)C)[C@@]3(CNc4cc(Cl)ccc43)[C@H]2c2cccc(Cl)c2F)ccc(C(=O)O)c1F. The molecular weight excluding hydrogens is 587 g/mol. The van der Waals surface area contributed by atoms with Crippen molar-refractivity contribution in [1.82, 2.24) is 5.32 Å². The zero-order valence-electron chi connectivity index (χ0n) is 23.4. The maximum absolute atomic E-state index is 15.9. The second-order valence-corrected chi connectivity index (χ2v) is 12.8. The number of carbonyl (C=O) groups excluding carboxylic acids is 1. The van der Waals surface area contributed by atoms with Crippen LogP contribution in [0.1, 0.15) is 54.6 Å². The third kappa shape index (κ3) is 5.08. The molecule has 222 valence electrons. The number of fused-ring (bicyclic) bond motifs is 2. The van der Waals surface area contributed by atoms with Gasteiger partial charge in [0.15, 0.2) is 11.6 Å². The lowest BCUT2D eigenvalue weighted by molar-refractivity contribution is -0.118. The molecule has 1 amide bonds. The first-order valence-electron chi connectivity index (χ1n) is 13.4. The van der Waals surface area contributed by atoms with Crippen LogP contribution in [-0.4, -0.2) is 42.7 Å². The van der Waals surface area contributed by atoms with Gasteiger partial charge in [-0.05, 0) is 53.3 Å². The summed E-state index contributed by atoms with van der Waals surface area (Å²) in [4.78, 5) is 25.6. The molecular formula is C31H31Cl2F2N3O4. The highest BCUT2D eigenvalue weighted by Gasteiger charge is 2.61. The van der Waals surface area contributed by atoms with E-state index in [1.54, 1.807) is 18.2 Å². The Morgan fingerprint density at radius 2 is 1.86 bits per heavy atom. The lowest BCUT2D eigenvalue weighted by Gasteiger charge is -2.39. The highest BCUT2D eigenvalue weighted by molar-refractivity contribution is 6.31. The molecule has 3 aromatic rings. The zero-order valence-corrected chi connectivity index (χ0v) is 25.0. The molecule has 0 saturated carbocycles. The number of hydrogen-bond acceptors (Lipinski definition) is 5. The van der Waals surface area contributed by atoms with Gasteiger partial charge in [0.25, 0.3) is 0 Å². The van der Waals surface area contributed by atoms with Gasteiger partial charge >= 0.3 is 5.97 Å². The first-order chi connectivity index (χ1) is 19.8. The fraction of sp³-hybridized carbons (Fsp3) is 0.355. The van der Waals surface area contributed by atoms with E-state index in [0.717, 1.165) is 17.3 Å². The minimum Gasteiger partial charge on any atom is -0.492 e. The van der Waals surface area contributed by atoms with E-state index in [1.165, 1.54) is 19.2 Å². The standard InChI is InChI=1S/C31H31Cl2F2N3O4/c1-30(2,3)13-22-31(14-36-21-12-15(32)8-10-18(21)31)23(16-6-5-7-19(33)24(16)34)26(38-22)28(39)37-20-11-9-17(29(40)41)25(35)27(20)42-4/h5-12,22-23,26,36,38H,13-14H2,1-4H3,(H,37,39)(H,40,41)/t22-,23-,26+,31-/m0/s1. The predicted octanol–water partition coefficient (Wildman–Crippen LogP) is 6.84. The smallest absolute Gasteiger partial charge is 0.338 e. The van der Waals surface area contributed by atoms with Crippen LogP contribution in [0, 0.1) is 17.0 Å². The van der Waals surface area contributed by atoms with Crippen molar-refractivity contribution < 1.29 is 28.2 Å². The number of anilines is 2. The van der Waals surface area contributed by atoms with Crippen LogP contribution in [0.3, 0.4) is 0 Å². The summed E-state index contributed by atoms with van der Waals surface area (Å²) in [5.74, 6) is -4.97. The number of carbonyl (C=O) groups is 2. The minimum atomic E-state index is -1.47. The highest BCUT2D eigenvalue weighted by atomic mass is 35.5. The number of halogens is 4. The number of hydrogen-bond donors (Lipinski definition) is 4. The first-order valence-corrected chi connectivity index (χ1v) is 14.2. The Labute approximate surface area is 252 Å². The molecule has 3 aromatic carbocycles. The monoisotopic (exact) mass is 617 g/mol. The van der Waals surface area contributed by atoms with Crippen molar-refractivity contribution in [2.24, 2.45) is 5.41 Å². The van der Waals surface area contributed by atoms with E-state index < -0.39 is 52.2 Å². The number of rotatable bonds is 6. The van der Waals surface area contributed by atoms with E-state index in [-0.39, 0.29) is 27.7 Å². The molecule has 1 fully saturated rings. The second kappa shape index (κ2) is 11.0. The molecule has 0 radical (unpaired) electrons. The normalized spacial score (nSPS) is 23.0. The number of ether oxygens (including phenoxy) is 1. The quantitative estimate of drug-likeness (QED) is 0.242. The number of nitrogens with one attached hydrogen (secondary N) is 3. The van der Waals surface area contributed by atoms with Crippen LogP contribution in [0.2, 0.25) is 10.0 Å². The van der Waals surface area contributed by atoms with E-state index in [9.17, 15) is 19.1 Å². The Hall–Kier alpha value is -3.40. The number of carboxylic acid groups (broad SMARTS) is 1. The molecule has 1 spiro atoms. The molecule has 11 heteroatoms. The molecule has 1 saturated heterocycles. The Balaban J connectivity index is 1.67. The van der Waals surface area contributed by atoms with Crippen molar-refractivity contribution in [2.45, 2.75) is 50.6 Å². The van der Waals surface area contributed by atoms with Crippen LogP contribution < -0.4 is 20.7 Å². The van der Waals surface area contributed by atoms with Crippen LogP contribution >= 0.6 is 23.2 Å². The van der Waals surface area contributed by atoms with E-state index in [4.69, 9.17) is 27.9 Å². The van der Waals surface area contributed by atoms with Gasteiger partial charge in [-0.1, -0.05) is 62.2 Å². The van der Waals surface area contributed by atoms with Crippen LogP contribution in [-0.2, 0) is 10.2 Å². The molecule has 4 N–H and O–H groups in total. The third-order valence-electron chi connectivity index (χ3n) is 8.15. The number of aromatic carboxylic acids is 1. The van der Waals surface area contributed by atoms with Gasteiger partial charge in [-0.25, -0.2) is 13.6 Å². The molecule has 0 aliphatic carbocycles. The van der Waals surface area contributed by atoms with Gasteiger partial charge in [-0.15, -0.1) is 0 Å². The van der Waals surface area contributed by atoms with Crippen molar-refractivity contribution in [3.8, 4) is 5.75 Å². The average Bonchev–Trinajstić information content (AvgIpc) is 3.43. The van der Waals surface area contributed by atoms with Crippen LogP contribution in [0.15, 0.2) is 48.5 Å². The molecule has 2 heterocycles. The maximum Gasteiger partial charge on any atom is 0.338 e. The summed E-state index contributed by atoms with van der Waals surface area (Å²) in [6.07, 6.45) is 0.629. The van der Waals surface area contributed by atoms with Gasteiger partial charge in [-0.2, -0.15) is 0 Å². The number of benzene rings is 3. The number of carboxylic acids is 1. The molecule has 7 nitrogen and oxygen atoms in total. The van der Waals surface area contributed by atoms with Gasteiger partial charge in [0.2, 0.25) is 5.91 Å². The average molecular weight is 619 g/mol. The zero-order chi connectivity index (χ0) is 30.6. The van der Waals surface area contributed by atoms with E-state index in [1.807, 2.05) is 12.1 Å². The summed E-state index contributed by atoms with van der Waals surface area (Å²) in [5, 5.41) is 19.4. The molecule has 0 unspecified atom stereocenters. The fourth-order valence-electron chi connectivity index (χ4n) is 6.50. The first kappa shape index (κ1) is 30.1. The third-order valence-corrected chi connectivity index (χ3v) is 8.68. The summed E-state index contributed by atoms with van der Waals surface area (Å²) < 4.78 is 36.0. The Kier molecular flexibility index (Phi) is 7.89. The van der Waals surface area contributed by atoms with Crippen LogP contribution in [0.5, 0.6) is 5.75 Å². The van der Waals surface area contributed by atoms with Crippen molar-refractivity contribution in [2.75, 3.05) is 24.3 Å². The molecule has 2 aliphatic heterocycles. The van der Waals surface area contributed by atoms with Crippen molar-refractivity contribution in [3.63, 3.8) is 0 Å². The molecule has 42 heavy (non-hydrogen) atoms.